The van der Waals surface area contributed by atoms with Gasteiger partial charge >= 0.3 is 0 Å². The van der Waals surface area contributed by atoms with Crippen molar-refractivity contribution in [1.29, 1.82) is 10.5 Å². The molecule has 1 aliphatic rings. The van der Waals surface area contributed by atoms with Crippen molar-refractivity contribution in [3.63, 3.8) is 0 Å². The van der Waals surface area contributed by atoms with E-state index < -0.39 is 0 Å². The molecule has 0 amide bonds. The van der Waals surface area contributed by atoms with Crippen LogP contribution in [0.25, 0.3) is 16.5 Å². The van der Waals surface area contributed by atoms with E-state index in [0.717, 1.165) is 32.4 Å². The summed E-state index contributed by atoms with van der Waals surface area (Å²) in [6, 6.07) is 11.5. The summed E-state index contributed by atoms with van der Waals surface area (Å²) in [4.78, 5) is 6.59. The number of hydrogen-bond acceptors (Lipinski definition) is 8. The molecule has 4 rings (SSSR count). The fourth-order valence-electron chi connectivity index (χ4n) is 4.07. The molecule has 156 valence electrons. The lowest BCUT2D eigenvalue weighted by Crippen LogP contribution is -2.31. The number of anilines is 3. The van der Waals surface area contributed by atoms with Crippen molar-refractivity contribution >= 4 is 40.4 Å². The fourth-order valence-corrected chi connectivity index (χ4v) is 4.42. The molecule has 1 aliphatic heterocycles. The van der Waals surface area contributed by atoms with E-state index in [0.29, 0.717) is 28.0 Å². The van der Waals surface area contributed by atoms with Crippen LogP contribution in [0, 0.1) is 27.3 Å². The summed E-state index contributed by atoms with van der Waals surface area (Å²) in [5.41, 5.74) is 14.0. The number of pyridine rings is 2. The molecule has 31 heavy (non-hydrogen) atoms. The summed E-state index contributed by atoms with van der Waals surface area (Å²) in [5.74, 6) is 1.56. The number of benzene rings is 1. The topological polar surface area (TPSA) is 130 Å². The molecule has 2 aromatic heterocycles. The van der Waals surface area contributed by atoms with E-state index in [9.17, 15) is 10.5 Å². The molecule has 0 aliphatic carbocycles. The Kier molecular flexibility index (Phi) is 5.37. The van der Waals surface area contributed by atoms with E-state index in [2.05, 4.69) is 17.1 Å². The van der Waals surface area contributed by atoms with E-state index in [1.54, 1.807) is 35.9 Å². The number of nitriles is 2. The number of ether oxygens (including phenoxy) is 1. The molecule has 8 nitrogen and oxygen atoms in total. The number of hydrogen-bond donors (Lipinski definition) is 2. The highest BCUT2D eigenvalue weighted by molar-refractivity contribution is 7.71. The van der Waals surface area contributed by atoms with Gasteiger partial charge in [0.05, 0.1) is 18.1 Å². The van der Waals surface area contributed by atoms with Crippen LogP contribution in [0.4, 0.5) is 17.5 Å². The lowest BCUT2D eigenvalue weighted by atomic mass is 10.0. The van der Waals surface area contributed by atoms with Crippen LogP contribution in [-0.4, -0.2) is 29.8 Å². The monoisotopic (exact) mass is 431 g/mol. The summed E-state index contributed by atoms with van der Waals surface area (Å²) < 4.78 is 7.00. The molecular formula is C22H21N7OS. The largest absolute Gasteiger partial charge is 0.497 e. The van der Waals surface area contributed by atoms with Crippen LogP contribution in [-0.2, 0) is 0 Å². The summed E-state index contributed by atoms with van der Waals surface area (Å²) in [6.45, 7) is 1.56. The smallest absolute Gasteiger partial charge is 0.149 e. The number of methoxy groups -OCH3 is 1. The summed E-state index contributed by atoms with van der Waals surface area (Å²) >= 11 is 5.64. The van der Waals surface area contributed by atoms with E-state index in [1.807, 2.05) is 4.90 Å². The number of rotatable bonds is 3. The minimum absolute atomic E-state index is 0.167. The van der Waals surface area contributed by atoms with Gasteiger partial charge in [-0.15, -0.1) is 0 Å². The average molecular weight is 432 g/mol. The maximum atomic E-state index is 10.0. The Morgan fingerprint density at radius 1 is 1.00 bits per heavy atom. The number of fused-ring (bicyclic) bond motifs is 1. The summed E-state index contributed by atoms with van der Waals surface area (Å²) in [7, 11) is 1.58. The van der Waals surface area contributed by atoms with Gasteiger partial charge in [-0.25, -0.2) is 4.98 Å². The average Bonchev–Trinajstić information content (AvgIpc) is 2.80. The second-order valence-electron chi connectivity index (χ2n) is 7.32. The molecule has 0 saturated carbocycles. The third kappa shape index (κ3) is 3.29. The molecule has 1 saturated heterocycles. The number of nitrogens with zero attached hydrogens (tertiary/aromatic N) is 5. The molecule has 0 radical (unpaired) electrons. The first-order valence-electron chi connectivity index (χ1n) is 9.89. The van der Waals surface area contributed by atoms with Crippen LogP contribution in [0.5, 0.6) is 5.75 Å². The number of aromatic nitrogens is 2. The van der Waals surface area contributed by atoms with Gasteiger partial charge in [0.15, 0.2) is 0 Å². The Morgan fingerprint density at radius 2 is 1.65 bits per heavy atom. The molecule has 1 aromatic carbocycles. The Hall–Kier alpha value is -3.82. The molecule has 0 spiro atoms. The van der Waals surface area contributed by atoms with Crippen LogP contribution in [0.1, 0.15) is 30.4 Å². The van der Waals surface area contributed by atoms with Gasteiger partial charge in [-0.05, 0) is 43.5 Å². The fraction of sp³-hybridized carbons (Fsp3) is 0.273. The van der Waals surface area contributed by atoms with Crippen LogP contribution >= 0.6 is 12.2 Å². The van der Waals surface area contributed by atoms with Crippen LogP contribution < -0.4 is 21.1 Å². The van der Waals surface area contributed by atoms with Crippen molar-refractivity contribution < 1.29 is 4.74 Å². The number of nitrogen functional groups attached to an aromatic ring is 2. The van der Waals surface area contributed by atoms with E-state index in [-0.39, 0.29) is 27.4 Å². The first-order chi connectivity index (χ1) is 15.0. The zero-order valence-electron chi connectivity index (χ0n) is 17.1. The van der Waals surface area contributed by atoms with Gasteiger partial charge in [0.2, 0.25) is 0 Å². The van der Waals surface area contributed by atoms with Gasteiger partial charge in [0.1, 0.15) is 45.5 Å². The molecule has 0 unspecified atom stereocenters. The molecule has 0 bridgehead atoms. The van der Waals surface area contributed by atoms with Gasteiger partial charge in [-0.3, -0.25) is 4.57 Å². The summed E-state index contributed by atoms with van der Waals surface area (Å²) in [5, 5.41) is 20.7. The lowest BCUT2D eigenvalue weighted by molar-refractivity contribution is 0.415. The third-order valence-corrected chi connectivity index (χ3v) is 5.97. The molecule has 0 atom stereocenters. The Labute approximate surface area is 184 Å². The van der Waals surface area contributed by atoms with Crippen molar-refractivity contribution in [2.75, 3.05) is 36.6 Å². The number of piperidine rings is 1. The maximum absolute atomic E-state index is 10.0. The van der Waals surface area contributed by atoms with Crippen LogP contribution in [0.15, 0.2) is 24.3 Å². The van der Waals surface area contributed by atoms with Crippen molar-refractivity contribution in [3.8, 4) is 23.6 Å². The highest BCUT2D eigenvalue weighted by Crippen LogP contribution is 2.38. The Balaban J connectivity index is 2.08. The highest BCUT2D eigenvalue weighted by atomic mass is 32.1. The second kappa shape index (κ2) is 8.13. The standard InChI is InChI=1S/C22H21N7OS/c1-30-14-7-5-13(6-8-14)29-20(26)18-17(16(12-24)22(29)31)15(11-23)21(27-19(18)25)28-9-3-2-4-10-28/h5-8H,2-4,9-10,26H2,1H3,(H2,25,27). The molecule has 3 aromatic rings. The predicted molar refractivity (Wildman–Crippen MR) is 123 cm³/mol. The van der Waals surface area contributed by atoms with Gasteiger partial charge in [0, 0.05) is 24.2 Å². The molecule has 1 fully saturated rings. The normalized spacial score (nSPS) is 13.6. The van der Waals surface area contributed by atoms with Gasteiger partial charge in [0.25, 0.3) is 0 Å². The molecular weight excluding hydrogens is 410 g/mol. The third-order valence-electron chi connectivity index (χ3n) is 5.58. The van der Waals surface area contributed by atoms with Crippen molar-refractivity contribution in [2.24, 2.45) is 0 Å². The molecule has 9 heteroatoms. The number of nitrogens with two attached hydrogens (primary N) is 2. The van der Waals surface area contributed by atoms with E-state index in [4.69, 9.17) is 28.4 Å². The van der Waals surface area contributed by atoms with Crippen LogP contribution in [0.3, 0.4) is 0 Å². The Bertz CT molecular complexity index is 1310. The lowest BCUT2D eigenvalue weighted by Gasteiger charge is -2.29. The van der Waals surface area contributed by atoms with Crippen LogP contribution in [0.2, 0.25) is 0 Å². The van der Waals surface area contributed by atoms with Gasteiger partial charge < -0.3 is 21.1 Å². The first-order valence-corrected chi connectivity index (χ1v) is 10.3. The zero-order chi connectivity index (χ0) is 22.1. The maximum Gasteiger partial charge on any atom is 0.149 e. The predicted octanol–water partition coefficient (Wildman–Crippen LogP) is 3.66. The SMILES string of the molecule is COc1ccc(-n2c(N)c3c(N)nc(N4CCCCC4)c(C#N)c3c(C#N)c2=S)cc1. The first kappa shape index (κ1) is 20.5. The molecule has 3 heterocycles. The minimum Gasteiger partial charge on any atom is -0.497 e. The minimum atomic E-state index is 0.167. The van der Waals surface area contributed by atoms with Crippen molar-refractivity contribution in [1.82, 2.24) is 9.55 Å². The summed E-state index contributed by atoms with van der Waals surface area (Å²) in [6.07, 6.45) is 3.16. The van der Waals surface area contributed by atoms with E-state index in [1.165, 1.54) is 0 Å². The van der Waals surface area contributed by atoms with Crippen molar-refractivity contribution in [2.45, 2.75) is 19.3 Å². The van der Waals surface area contributed by atoms with Gasteiger partial charge in [-0.2, -0.15) is 10.5 Å². The zero-order valence-corrected chi connectivity index (χ0v) is 17.9. The van der Waals surface area contributed by atoms with E-state index >= 15 is 0 Å². The van der Waals surface area contributed by atoms with Crippen molar-refractivity contribution in [3.05, 3.63) is 40.0 Å². The second-order valence-corrected chi connectivity index (χ2v) is 7.70. The quantitative estimate of drug-likeness (QED) is 0.601. The molecule has 4 N–H and O–H groups in total. The highest BCUT2D eigenvalue weighted by Gasteiger charge is 2.25. The Morgan fingerprint density at radius 3 is 2.23 bits per heavy atom. The van der Waals surface area contributed by atoms with Gasteiger partial charge in [-0.1, -0.05) is 12.2 Å².